The fourth-order valence-corrected chi connectivity index (χ4v) is 5.67. The molecule has 1 radical (unpaired) electrons. The number of hydrogen-bond acceptors (Lipinski definition) is 2. The van der Waals surface area contributed by atoms with Gasteiger partial charge in [0.15, 0.2) is 0 Å². The average Bonchev–Trinajstić information content (AvgIpc) is 2.25. The number of esters is 1. The van der Waals surface area contributed by atoms with Crippen LogP contribution in [0.1, 0.15) is 66.2 Å². The van der Waals surface area contributed by atoms with Crippen molar-refractivity contribution >= 4 is 5.97 Å². The predicted molar refractivity (Wildman–Crippen MR) is 75.4 cm³/mol. The van der Waals surface area contributed by atoms with Gasteiger partial charge in [0.25, 0.3) is 0 Å². The Morgan fingerprint density at radius 1 is 1.11 bits per heavy atom. The van der Waals surface area contributed by atoms with Crippen molar-refractivity contribution in [2.24, 2.45) is 22.7 Å². The monoisotopic (exact) mass is 263 g/mol. The van der Waals surface area contributed by atoms with E-state index in [1.807, 2.05) is 0 Å². The maximum Gasteiger partial charge on any atom is 0.306 e. The molecule has 0 unspecified atom stereocenters. The third kappa shape index (κ3) is 1.86. The second-order valence-corrected chi connectivity index (χ2v) is 8.04. The van der Waals surface area contributed by atoms with Gasteiger partial charge in [-0.3, -0.25) is 4.79 Å². The van der Waals surface area contributed by atoms with Crippen LogP contribution in [0.25, 0.3) is 0 Å². The van der Waals surface area contributed by atoms with E-state index in [1.165, 1.54) is 19.3 Å². The number of ether oxygens (including phenoxy) is 1. The third-order valence-electron chi connectivity index (χ3n) is 6.49. The number of hydrogen-bond donors (Lipinski definition) is 0. The lowest BCUT2D eigenvalue weighted by molar-refractivity contribution is -0.211. The largest absolute Gasteiger partial charge is 0.459 e. The molecule has 1 heterocycles. The zero-order valence-corrected chi connectivity index (χ0v) is 12.8. The minimum absolute atomic E-state index is 0.0161. The Labute approximate surface area is 117 Å². The van der Waals surface area contributed by atoms with Crippen LogP contribution in [-0.2, 0) is 9.53 Å². The van der Waals surface area contributed by atoms with Crippen LogP contribution in [0.3, 0.4) is 0 Å². The van der Waals surface area contributed by atoms with E-state index in [0.717, 1.165) is 18.8 Å². The molecule has 0 spiro atoms. The van der Waals surface area contributed by atoms with E-state index in [2.05, 4.69) is 34.1 Å². The van der Waals surface area contributed by atoms with Crippen molar-refractivity contribution in [1.29, 1.82) is 0 Å². The highest BCUT2D eigenvalue weighted by Gasteiger charge is 2.60. The molecule has 0 aromatic carbocycles. The average molecular weight is 263 g/mol. The summed E-state index contributed by atoms with van der Waals surface area (Å²) in [5, 5.41) is 0. The topological polar surface area (TPSA) is 26.3 Å². The van der Waals surface area contributed by atoms with Gasteiger partial charge >= 0.3 is 5.97 Å². The molecule has 3 aliphatic rings. The molecule has 3 rings (SSSR count). The molecule has 0 amide bonds. The Hall–Kier alpha value is -0.530. The molecule has 0 N–H and O–H groups in total. The summed E-state index contributed by atoms with van der Waals surface area (Å²) in [6.45, 7) is 9.44. The molecule has 3 fully saturated rings. The van der Waals surface area contributed by atoms with E-state index in [0.29, 0.717) is 23.2 Å². The molecule has 0 aromatic heterocycles. The zero-order valence-electron chi connectivity index (χ0n) is 12.8. The SMILES string of the molecule is CC1(C)[CH]CC[C@@]2(C)[C@H]1CC[C@@]1(C)OC(=O)CC[C@@H]21. The van der Waals surface area contributed by atoms with E-state index in [9.17, 15) is 4.79 Å². The standard InChI is InChI=1S/C17H27O2/c1-15(2)9-5-10-16(3)12(15)8-11-17(4)13(16)6-7-14(18)19-17/h9,12-13H,5-8,10-11H2,1-4H3/t12-,13-,16-,17+/m0/s1. The third-order valence-corrected chi connectivity index (χ3v) is 6.49. The molecule has 107 valence electrons. The first-order valence-electron chi connectivity index (χ1n) is 7.84. The van der Waals surface area contributed by atoms with E-state index < -0.39 is 0 Å². The molecule has 1 aliphatic heterocycles. The molecule has 19 heavy (non-hydrogen) atoms. The first-order chi connectivity index (χ1) is 8.78. The van der Waals surface area contributed by atoms with Crippen molar-refractivity contribution in [3.8, 4) is 0 Å². The van der Waals surface area contributed by atoms with Crippen LogP contribution in [0, 0.1) is 29.1 Å². The van der Waals surface area contributed by atoms with E-state index in [-0.39, 0.29) is 11.6 Å². The molecule has 0 bridgehead atoms. The van der Waals surface area contributed by atoms with Crippen molar-refractivity contribution in [2.75, 3.05) is 0 Å². The molecule has 2 saturated carbocycles. The van der Waals surface area contributed by atoms with Gasteiger partial charge in [0, 0.05) is 12.3 Å². The van der Waals surface area contributed by atoms with Gasteiger partial charge in [0.1, 0.15) is 5.60 Å². The van der Waals surface area contributed by atoms with Crippen LogP contribution < -0.4 is 0 Å². The van der Waals surface area contributed by atoms with Crippen LogP contribution in [-0.4, -0.2) is 11.6 Å². The van der Waals surface area contributed by atoms with Crippen LogP contribution in [0.15, 0.2) is 0 Å². The zero-order chi connectivity index (χ0) is 13.9. The predicted octanol–water partition coefficient (Wildman–Crippen LogP) is 4.14. The summed E-state index contributed by atoms with van der Waals surface area (Å²) in [6, 6.07) is 0. The molecule has 4 atom stereocenters. The van der Waals surface area contributed by atoms with Crippen molar-refractivity contribution in [2.45, 2.75) is 71.8 Å². The highest BCUT2D eigenvalue weighted by molar-refractivity contribution is 5.71. The second kappa shape index (κ2) is 3.99. The summed E-state index contributed by atoms with van der Waals surface area (Å²) in [6.07, 6.45) is 8.88. The summed E-state index contributed by atoms with van der Waals surface area (Å²) in [7, 11) is 0. The molecule has 0 aromatic rings. The fourth-order valence-electron chi connectivity index (χ4n) is 5.67. The number of carbonyl (C=O) groups excluding carboxylic acids is 1. The van der Waals surface area contributed by atoms with Gasteiger partial charge < -0.3 is 4.74 Å². The Morgan fingerprint density at radius 2 is 1.84 bits per heavy atom. The first-order valence-corrected chi connectivity index (χ1v) is 7.84. The maximum atomic E-state index is 11.7. The highest BCUT2D eigenvalue weighted by Crippen LogP contribution is 2.64. The summed E-state index contributed by atoms with van der Waals surface area (Å²) >= 11 is 0. The lowest BCUT2D eigenvalue weighted by Gasteiger charge is -2.62. The van der Waals surface area contributed by atoms with Crippen LogP contribution in [0.2, 0.25) is 0 Å². The Morgan fingerprint density at radius 3 is 2.58 bits per heavy atom. The first kappa shape index (κ1) is 13.5. The molecular formula is C17H27O2. The van der Waals surface area contributed by atoms with E-state index in [4.69, 9.17) is 4.74 Å². The molecule has 2 heteroatoms. The van der Waals surface area contributed by atoms with Crippen molar-refractivity contribution in [3.05, 3.63) is 6.42 Å². The van der Waals surface area contributed by atoms with Crippen LogP contribution in [0.4, 0.5) is 0 Å². The van der Waals surface area contributed by atoms with Crippen LogP contribution in [0.5, 0.6) is 0 Å². The summed E-state index contributed by atoms with van der Waals surface area (Å²) in [5.41, 5.74) is 0.468. The fraction of sp³-hybridized carbons (Fsp3) is 0.882. The number of fused-ring (bicyclic) bond motifs is 3. The minimum atomic E-state index is -0.200. The molecular weight excluding hydrogens is 236 g/mol. The summed E-state index contributed by atoms with van der Waals surface area (Å²) in [5.74, 6) is 1.30. The minimum Gasteiger partial charge on any atom is -0.459 e. The number of rotatable bonds is 0. The van der Waals surface area contributed by atoms with Gasteiger partial charge in [-0.05, 0) is 62.2 Å². The smallest absolute Gasteiger partial charge is 0.306 e. The van der Waals surface area contributed by atoms with E-state index in [1.54, 1.807) is 0 Å². The lowest BCUT2D eigenvalue weighted by Crippen LogP contribution is -2.60. The van der Waals surface area contributed by atoms with Gasteiger partial charge in [-0.15, -0.1) is 0 Å². The van der Waals surface area contributed by atoms with Gasteiger partial charge in [-0.2, -0.15) is 0 Å². The summed E-state index contributed by atoms with van der Waals surface area (Å²) < 4.78 is 5.81. The number of carbonyl (C=O) groups is 1. The van der Waals surface area contributed by atoms with Crippen molar-refractivity contribution in [3.63, 3.8) is 0 Å². The second-order valence-electron chi connectivity index (χ2n) is 8.04. The normalized spacial score (nSPS) is 48.9. The van der Waals surface area contributed by atoms with Gasteiger partial charge in [0.2, 0.25) is 0 Å². The van der Waals surface area contributed by atoms with Gasteiger partial charge in [-0.1, -0.05) is 20.8 Å². The highest BCUT2D eigenvalue weighted by atomic mass is 16.6. The van der Waals surface area contributed by atoms with Crippen molar-refractivity contribution < 1.29 is 9.53 Å². The Balaban J connectivity index is 1.97. The van der Waals surface area contributed by atoms with E-state index >= 15 is 0 Å². The lowest BCUT2D eigenvalue weighted by atomic mass is 9.45. The van der Waals surface area contributed by atoms with Gasteiger partial charge in [-0.25, -0.2) is 0 Å². The molecule has 2 aliphatic carbocycles. The Bertz CT molecular complexity index is 400. The van der Waals surface area contributed by atoms with Crippen LogP contribution >= 0.6 is 0 Å². The maximum absolute atomic E-state index is 11.7. The van der Waals surface area contributed by atoms with Gasteiger partial charge in [0.05, 0.1) is 0 Å². The summed E-state index contributed by atoms with van der Waals surface area (Å²) in [4.78, 5) is 11.7. The Kier molecular flexibility index (Phi) is 2.82. The quantitative estimate of drug-likeness (QED) is 0.614. The molecule has 1 saturated heterocycles. The van der Waals surface area contributed by atoms with Crippen molar-refractivity contribution in [1.82, 2.24) is 0 Å². The molecule has 2 nitrogen and oxygen atoms in total.